The lowest BCUT2D eigenvalue weighted by Crippen LogP contribution is -2.49. The number of hydrogen-bond acceptors (Lipinski definition) is 1. The third-order valence-electron chi connectivity index (χ3n) is 3.12. The second-order valence-corrected chi connectivity index (χ2v) is 3.68. The Bertz CT molecular complexity index is 164. The molecule has 4 unspecified atom stereocenters. The number of rotatable bonds is 0. The summed E-state index contributed by atoms with van der Waals surface area (Å²) in [5.41, 5.74) is 0. The standard InChI is InChI=1S/C8H13FNO/c1-10-5-2-3-6(10)8(9)7(11)4-5/h5-8H,2-4H2,1H3. The van der Waals surface area contributed by atoms with E-state index in [-0.39, 0.29) is 6.04 Å². The van der Waals surface area contributed by atoms with E-state index < -0.39 is 12.3 Å². The Labute approximate surface area is 66.0 Å². The second kappa shape index (κ2) is 2.42. The van der Waals surface area contributed by atoms with Gasteiger partial charge in [-0.25, -0.2) is 9.50 Å². The minimum atomic E-state index is -1.13. The second-order valence-electron chi connectivity index (χ2n) is 3.68. The molecule has 0 saturated carbocycles. The van der Waals surface area contributed by atoms with Crippen molar-refractivity contribution < 1.29 is 9.50 Å². The third-order valence-corrected chi connectivity index (χ3v) is 3.12. The van der Waals surface area contributed by atoms with Crippen molar-refractivity contribution in [3.05, 3.63) is 0 Å². The molecule has 2 fully saturated rings. The van der Waals surface area contributed by atoms with Gasteiger partial charge in [0, 0.05) is 12.1 Å². The summed E-state index contributed by atoms with van der Waals surface area (Å²) in [5, 5.41) is 11.1. The van der Waals surface area contributed by atoms with Gasteiger partial charge in [-0.15, -0.1) is 0 Å². The highest BCUT2D eigenvalue weighted by Gasteiger charge is 2.45. The molecule has 4 atom stereocenters. The summed E-state index contributed by atoms with van der Waals surface area (Å²) in [4.78, 5) is 2.04. The molecule has 0 spiro atoms. The van der Waals surface area contributed by atoms with Crippen molar-refractivity contribution in [3.63, 3.8) is 0 Å². The molecule has 1 radical (unpaired) electrons. The largest absolute Gasteiger partial charge is 0.297 e. The van der Waals surface area contributed by atoms with Gasteiger partial charge in [0.15, 0.2) is 0 Å². The van der Waals surface area contributed by atoms with Crippen LogP contribution in [0.3, 0.4) is 0 Å². The summed E-state index contributed by atoms with van der Waals surface area (Å²) in [6, 6.07) is 0.297. The molecule has 11 heavy (non-hydrogen) atoms. The van der Waals surface area contributed by atoms with Gasteiger partial charge in [0.25, 0.3) is 0 Å². The lowest BCUT2D eigenvalue weighted by molar-refractivity contribution is -0.0604. The van der Waals surface area contributed by atoms with Crippen LogP contribution in [0.25, 0.3) is 0 Å². The molecule has 0 aromatic heterocycles. The zero-order valence-electron chi connectivity index (χ0n) is 6.66. The van der Waals surface area contributed by atoms with Crippen LogP contribution in [0.15, 0.2) is 0 Å². The fourth-order valence-corrected chi connectivity index (χ4v) is 2.36. The molecule has 2 saturated heterocycles. The fourth-order valence-electron chi connectivity index (χ4n) is 2.36. The van der Waals surface area contributed by atoms with E-state index in [2.05, 4.69) is 0 Å². The van der Waals surface area contributed by atoms with E-state index in [4.69, 9.17) is 0 Å². The first-order valence-corrected chi connectivity index (χ1v) is 4.22. The highest BCUT2D eigenvalue weighted by atomic mass is 19.1. The number of halogens is 1. The van der Waals surface area contributed by atoms with Gasteiger partial charge >= 0.3 is 0 Å². The Morgan fingerprint density at radius 3 is 2.91 bits per heavy atom. The molecule has 0 amide bonds. The minimum absolute atomic E-state index is 0.0729. The lowest BCUT2D eigenvalue weighted by Gasteiger charge is -2.35. The van der Waals surface area contributed by atoms with E-state index in [0.717, 1.165) is 12.8 Å². The van der Waals surface area contributed by atoms with E-state index in [1.165, 1.54) is 0 Å². The van der Waals surface area contributed by atoms with E-state index in [0.29, 0.717) is 12.5 Å². The molecule has 2 bridgehead atoms. The highest BCUT2D eigenvalue weighted by molar-refractivity contribution is 4.99. The molecule has 2 rings (SSSR count). The van der Waals surface area contributed by atoms with Gasteiger partial charge in [-0.05, 0) is 26.3 Å². The molecule has 2 aliphatic heterocycles. The maximum atomic E-state index is 13.2. The number of piperidine rings is 1. The number of alkyl halides is 1. The van der Waals surface area contributed by atoms with Gasteiger partial charge < -0.3 is 0 Å². The van der Waals surface area contributed by atoms with Crippen LogP contribution in [0.4, 0.5) is 4.39 Å². The van der Waals surface area contributed by atoms with Gasteiger partial charge in [0.05, 0.1) is 0 Å². The molecule has 2 nitrogen and oxygen atoms in total. The van der Waals surface area contributed by atoms with Crippen molar-refractivity contribution in [2.45, 2.75) is 43.6 Å². The van der Waals surface area contributed by atoms with Crippen molar-refractivity contribution in [1.82, 2.24) is 4.90 Å². The summed E-state index contributed by atoms with van der Waals surface area (Å²) < 4.78 is 13.2. The van der Waals surface area contributed by atoms with E-state index >= 15 is 0 Å². The van der Waals surface area contributed by atoms with Crippen molar-refractivity contribution in [2.75, 3.05) is 7.05 Å². The number of nitrogens with zero attached hydrogens (tertiary/aromatic N) is 1. The maximum absolute atomic E-state index is 13.2. The molecule has 0 N–H and O–H groups in total. The molecule has 2 heterocycles. The molecular formula is C8H13FNO. The topological polar surface area (TPSA) is 23.1 Å². The summed E-state index contributed by atoms with van der Waals surface area (Å²) in [7, 11) is 1.93. The lowest BCUT2D eigenvalue weighted by atomic mass is 9.99. The predicted octanol–water partition coefficient (Wildman–Crippen LogP) is 0.990. The zero-order valence-corrected chi connectivity index (χ0v) is 6.66. The Morgan fingerprint density at radius 2 is 2.18 bits per heavy atom. The quantitative estimate of drug-likeness (QED) is 0.515. The maximum Gasteiger partial charge on any atom is 0.145 e. The predicted molar refractivity (Wildman–Crippen MR) is 38.6 cm³/mol. The molecule has 0 aromatic rings. The van der Waals surface area contributed by atoms with Crippen LogP contribution in [0.2, 0.25) is 0 Å². The highest BCUT2D eigenvalue weighted by Crippen LogP contribution is 2.36. The average Bonchev–Trinajstić information content (AvgIpc) is 2.23. The summed E-state index contributed by atoms with van der Waals surface area (Å²) in [6.07, 6.45) is 0.317. The average molecular weight is 158 g/mol. The number of hydrogen-bond donors (Lipinski definition) is 0. The first kappa shape index (κ1) is 7.50. The van der Waals surface area contributed by atoms with Gasteiger partial charge in [0.2, 0.25) is 0 Å². The van der Waals surface area contributed by atoms with E-state index in [1.807, 2.05) is 11.9 Å². The van der Waals surface area contributed by atoms with E-state index in [9.17, 15) is 9.50 Å². The monoisotopic (exact) mass is 158 g/mol. The fraction of sp³-hybridized carbons (Fsp3) is 1.00. The third kappa shape index (κ3) is 0.983. The van der Waals surface area contributed by atoms with Crippen LogP contribution in [0.1, 0.15) is 19.3 Å². The first-order valence-electron chi connectivity index (χ1n) is 4.22. The molecule has 0 aromatic carbocycles. The van der Waals surface area contributed by atoms with Gasteiger partial charge in [0.1, 0.15) is 12.3 Å². The Balaban J connectivity index is 2.16. The van der Waals surface area contributed by atoms with Crippen molar-refractivity contribution in [1.29, 1.82) is 0 Å². The van der Waals surface area contributed by atoms with Crippen LogP contribution < -0.4 is 0 Å². The molecule has 3 heteroatoms. The Hall–Kier alpha value is -0.150. The normalized spacial score (nSPS) is 51.5. The van der Waals surface area contributed by atoms with Gasteiger partial charge in [-0.3, -0.25) is 4.90 Å². The first-order chi connectivity index (χ1) is 5.20. The number of fused-ring (bicyclic) bond motifs is 2. The Kier molecular flexibility index (Phi) is 1.65. The molecule has 0 aliphatic carbocycles. The summed E-state index contributed by atoms with van der Waals surface area (Å²) in [5.74, 6) is 0. The summed E-state index contributed by atoms with van der Waals surface area (Å²) >= 11 is 0. The van der Waals surface area contributed by atoms with Crippen molar-refractivity contribution >= 4 is 0 Å². The van der Waals surface area contributed by atoms with Crippen molar-refractivity contribution in [2.24, 2.45) is 0 Å². The van der Waals surface area contributed by atoms with Crippen LogP contribution in [-0.4, -0.2) is 36.3 Å². The van der Waals surface area contributed by atoms with Crippen LogP contribution in [0, 0.1) is 0 Å². The molecule has 63 valence electrons. The van der Waals surface area contributed by atoms with Crippen LogP contribution >= 0.6 is 0 Å². The smallest absolute Gasteiger partial charge is 0.145 e. The van der Waals surface area contributed by atoms with Crippen molar-refractivity contribution in [3.8, 4) is 0 Å². The molecule has 2 aliphatic rings. The summed E-state index contributed by atoms with van der Waals surface area (Å²) in [6.45, 7) is 0. The van der Waals surface area contributed by atoms with Crippen LogP contribution in [-0.2, 0) is 5.11 Å². The zero-order chi connectivity index (χ0) is 8.01. The molecular weight excluding hydrogens is 145 g/mol. The van der Waals surface area contributed by atoms with Crippen LogP contribution in [0.5, 0.6) is 0 Å². The van der Waals surface area contributed by atoms with Gasteiger partial charge in [-0.2, -0.15) is 0 Å². The van der Waals surface area contributed by atoms with E-state index in [1.54, 1.807) is 0 Å². The Morgan fingerprint density at radius 1 is 1.45 bits per heavy atom. The SMILES string of the molecule is CN1C2CCC1C(F)C([O])C2. The minimum Gasteiger partial charge on any atom is -0.297 e. The van der Waals surface area contributed by atoms with Gasteiger partial charge in [-0.1, -0.05) is 0 Å².